The van der Waals surface area contributed by atoms with Gasteiger partial charge in [0.05, 0.1) is 0 Å². The van der Waals surface area contributed by atoms with Crippen molar-refractivity contribution in [2.75, 3.05) is 13.1 Å². The second-order valence-corrected chi connectivity index (χ2v) is 5.40. The summed E-state index contributed by atoms with van der Waals surface area (Å²) < 4.78 is 6.31. The molecule has 0 atom stereocenters. The normalized spacial score (nSPS) is 17.2. The van der Waals surface area contributed by atoms with Crippen LogP contribution in [0.1, 0.15) is 44.6 Å². The van der Waals surface area contributed by atoms with E-state index >= 15 is 0 Å². The van der Waals surface area contributed by atoms with E-state index < -0.39 is 0 Å². The van der Waals surface area contributed by atoms with Crippen molar-refractivity contribution >= 4 is 0 Å². The largest absolute Gasteiger partial charge is 0.487 e. The lowest BCUT2D eigenvalue weighted by Crippen LogP contribution is -2.45. The molecule has 1 saturated carbocycles. The summed E-state index contributed by atoms with van der Waals surface area (Å²) in [7, 11) is 0. The average molecular weight is 247 g/mol. The smallest absolute Gasteiger partial charge is 0.123 e. The van der Waals surface area contributed by atoms with Crippen molar-refractivity contribution in [2.45, 2.75) is 51.6 Å². The van der Waals surface area contributed by atoms with Crippen molar-refractivity contribution in [2.24, 2.45) is 0 Å². The Hall–Kier alpha value is -1.02. The SMILES string of the molecule is CCCNCCC1(Oc2ccccc2C)CCC1. The van der Waals surface area contributed by atoms with Crippen molar-refractivity contribution in [1.82, 2.24) is 5.32 Å². The zero-order valence-electron chi connectivity index (χ0n) is 11.7. The minimum atomic E-state index is 0.104. The molecule has 0 radical (unpaired) electrons. The van der Waals surface area contributed by atoms with Crippen molar-refractivity contribution in [3.05, 3.63) is 29.8 Å². The molecule has 0 aliphatic heterocycles. The highest BCUT2D eigenvalue weighted by molar-refractivity contribution is 5.32. The van der Waals surface area contributed by atoms with Crippen molar-refractivity contribution in [3.63, 3.8) is 0 Å². The van der Waals surface area contributed by atoms with E-state index in [1.807, 2.05) is 0 Å². The highest BCUT2D eigenvalue weighted by Crippen LogP contribution is 2.39. The molecule has 1 aliphatic carbocycles. The van der Waals surface area contributed by atoms with Gasteiger partial charge in [-0.2, -0.15) is 0 Å². The Morgan fingerprint density at radius 1 is 1.22 bits per heavy atom. The first-order valence-corrected chi connectivity index (χ1v) is 7.21. The summed E-state index contributed by atoms with van der Waals surface area (Å²) in [6.45, 7) is 6.51. The molecule has 1 fully saturated rings. The van der Waals surface area contributed by atoms with E-state index in [0.29, 0.717) is 0 Å². The first-order chi connectivity index (χ1) is 8.76. The second-order valence-electron chi connectivity index (χ2n) is 5.40. The van der Waals surface area contributed by atoms with Crippen LogP contribution in [0.5, 0.6) is 5.75 Å². The molecular weight excluding hydrogens is 222 g/mol. The van der Waals surface area contributed by atoms with Crippen LogP contribution in [-0.2, 0) is 0 Å². The second kappa shape index (κ2) is 6.24. The van der Waals surface area contributed by atoms with Crippen molar-refractivity contribution in [3.8, 4) is 5.75 Å². The van der Waals surface area contributed by atoms with Gasteiger partial charge in [0.2, 0.25) is 0 Å². The number of hydrogen-bond acceptors (Lipinski definition) is 2. The van der Waals surface area contributed by atoms with Gasteiger partial charge < -0.3 is 10.1 Å². The van der Waals surface area contributed by atoms with Crippen molar-refractivity contribution < 1.29 is 4.74 Å². The van der Waals surface area contributed by atoms with Crippen LogP contribution in [-0.4, -0.2) is 18.7 Å². The Morgan fingerprint density at radius 3 is 2.61 bits per heavy atom. The van der Waals surface area contributed by atoms with Gasteiger partial charge in [-0.1, -0.05) is 25.1 Å². The Kier molecular flexibility index (Phi) is 4.65. The molecule has 2 rings (SSSR count). The van der Waals surface area contributed by atoms with Crippen LogP contribution in [0.2, 0.25) is 0 Å². The summed E-state index contributed by atoms with van der Waals surface area (Å²) >= 11 is 0. The van der Waals surface area contributed by atoms with Gasteiger partial charge in [0.15, 0.2) is 0 Å². The number of ether oxygens (including phenoxy) is 1. The highest BCUT2D eigenvalue weighted by atomic mass is 16.5. The number of aryl methyl sites for hydroxylation is 1. The molecule has 2 heteroatoms. The molecule has 100 valence electrons. The van der Waals surface area contributed by atoms with E-state index in [4.69, 9.17) is 4.74 Å². The lowest BCUT2D eigenvalue weighted by atomic mass is 9.77. The molecule has 1 aromatic carbocycles. The standard InChI is InChI=1S/C16H25NO/c1-3-12-17-13-11-16(9-6-10-16)18-15-8-5-4-7-14(15)2/h4-5,7-8,17H,3,6,9-13H2,1-2H3. The van der Waals surface area contributed by atoms with Gasteiger partial charge in [-0.05, 0) is 63.7 Å². The summed E-state index contributed by atoms with van der Waals surface area (Å²) in [5.41, 5.74) is 1.35. The average Bonchev–Trinajstić information content (AvgIpc) is 2.33. The molecule has 1 aromatic rings. The third-order valence-electron chi connectivity index (χ3n) is 3.87. The fourth-order valence-corrected chi connectivity index (χ4v) is 2.50. The minimum Gasteiger partial charge on any atom is -0.487 e. The maximum absolute atomic E-state index is 6.31. The van der Waals surface area contributed by atoms with Gasteiger partial charge in [-0.25, -0.2) is 0 Å². The third-order valence-corrected chi connectivity index (χ3v) is 3.87. The molecule has 0 spiro atoms. The van der Waals surface area contributed by atoms with Crippen LogP contribution in [0.25, 0.3) is 0 Å². The molecule has 0 bridgehead atoms. The third kappa shape index (κ3) is 3.26. The van der Waals surface area contributed by atoms with E-state index in [1.165, 1.54) is 31.2 Å². The van der Waals surface area contributed by atoms with E-state index in [9.17, 15) is 0 Å². The molecule has 2 nitrogen and oxygen atoms in total. The number of rotatable bonds is 7. The Bertz CT molecular complexity index is 371. The van der Waals surface area contributed by atoms with Gasteiger partial charge in [-0.3, -0.25) is 0 Å². The lowest BCUT2D eigenvalue weighted by Gasteiger charge is -2.42. The van der Waals surface area contributed by atoms with Gasteiger partial charge >= 0.3 is 0 Å². The molecule has 0 heterocycles. The summed E-state index contributed by atoms with van der Waals surface area (Å²) in [5.74, 6) is 1.06. The molecule has 1 aliphatic rings. The molecule has 0 aromatic heterocycles. The maximum Gasteiger partial charge on any atom is 0.123 e. The first kappa shape index (κ1) is 13.4. The maximum atomic E-state index is 6.31. The van der Waals surface area contributed by atoms with Crippen LogP contribution < -0.4 is 10.1 Å². The highest BCUT2D eigenvalue weighted by Gasteiger charge is 2.38. The Balaban J connectivity index is 1.90. The van der Waals surface area contributed by atoms with E-state index in [0.717, 1.165) is 25.3 Å². The van der Waals surface area contributed by atoms with Crippen LogP contribution in [0.3, 0.4) is 0 Å². The van der Waals surface area contributed by atoms with Gasteiger partial charge in [0.1, 0.15) is 11.4 Å². The predicted octanol–water partition coefficient (Wildman–Crippen LogP) is 3.69. The van der Waals surface area contributed by atoms with Crippen LogP contribution in [0, 0.1) is 6.92 Å². The summed E-state index contributed by atoms with van der Waals surface area (Å²) in [4.78, 5) is 0. The first-order valence-electron chi connectivity index (χ1n) is 7.21. The summed E-state index contributed by atoms with van der Waals surface area (Å²) in [6, 6.07) is 8.34. The number of nitrogens with one attached hydrogen (secondary N) is 1. The monoisotopic (exact) mass is 247 g/mol. The number of benzene rings is 1. The molecule has 0 saturated heterocycles. The Labute approximate surface area is 111 Å². The van der Waals surface area contributed by atoms with Crippen molar-refractivity contribution in [1.29, 1.82) is 0 Å². The molecule has 0 amide bonds. The topological polar surface area (TPSA) is 21.3 Å². The zero-order chi connectivity index (χ0) is 12.8. The molecular formula is C16H25NO. The van der Waals surface area contributed by atoms with Gasteiger partial charge in [-0.15, -0.1) is 0 Å². The molecule has 0 unspecified atom stereocenters. The van der Waals surface area contributed by atoms with Gasteiger partial charge in [0, 0.05) is 0 Å². The molecule has 1 N–H and O–H groups in total. The van der Waals surface area contributed by atoms with E-state index in [2.05, 4.69) is 43.4 Å². The fourth-order valence-electron chi connectivity index (χ4n) is 2.50. The van der Waals surface area contributed by atoms with Crippen LogP contribution in [0.4, 0.5) is 0 Å². The Morgan fingerprint density at radius 2 is 2.00 bits per heavy atom. The van der Waals surface area contributed by atoms with Crippen LogP contribution >= 0.6 is 0 Å². The van der Waals surface area contributed by atoms with Gasteiger partial charge in [0.25, 0.3) is 0 Å². The summed E-state index contributed by atoms with van der Waals surface area (Å²) in [5, 5.41) is 3.48. The summed E-state index contributed by atoms with van der Waals surface area (Å²) in [6.07, 6.45) is 6.04. The van der Waals surface area contributed by atoms with E-state index in [-0.39, 0.29) is 5.60 Å². The number of para-hydroxylation sites is 1. The zero-order valence-corrected chi connectivity index (χ0v) is 11.7. The fraction of sp³-hybridized carbons (Fsp3) is 0.625. The minimum absolute atomic E-state index is 0.104. The van der Waals surface area contributed by atoms with Crippen LogP contribution in [0.15, 0.2) is 24.3 Å². The number of hydrogen-bond donors (Lipinski definition) is 1. The quantitative estimate of drug-likeness (QED) is 0.742. The lowest BCUT2D eigenvalue weighted by molar-refractivity contribution is -0.0147. The van der Waals surface area contributed by atoms with E-state index in [1.54, 1.807) is 0 Å². The molecule has 18 heavy (non-hydrogen) atoms. The predicted molar refractivity (Wildman–Crippen MR) is 76.2 cm³/mol.